The first kappa shape index (κ1) is 11.3. The van der Waals surface area contributed by atoms with Gasteiger partial charge in [0.25, 0.3) is 0 Å². The van der Waals surface area contributed by atoms with Gasteiger partial charge in [0.15, 0.2) is 0 Å². The topological polar surface area (TPSA) is 42.2 Å². The molecule has 94 valence electrons. The van der Waals surface area contributed by atoms with Gasteiger partial charge in [-0.25, -0.2) is 0 Å². The highest BCUT2D eigenvalue weighted by Gasteiger charge is 2.31. The molecule has 1 heterocycles. The van der Waals surface area contributed by atoms with Gasteiger partial charge in [0.05, 0.1) is 0 Å². The zero-order valence-electron chi connectivity index (χ0n) is 10.1. The molecule has 0 radical (unpaired) electrons. The van der Waals surface area contributed by atoms with Gasteiger partial charge in [0.1, 0.15) is 5.38 Å². The van der Waals surface area contributed by atoms with Gasteiger partial charge in [-0.05, 0) is 44.4 Å². The summed E-state index contributed by atoms with van der Waals surface area (Å²) in [6.45, 7) is 3.98. The number of rotatable bonds is 6. The molecule has 0 aromatic carbocycles. The van der Waals surface area contributed by atoms with Crippen LogP contribution in [-0.2, 0) is 0 Å². The van der Waals surface area contributed by atoms with E-state index in [1.54, 1.807) is 0 Å². The lowest BCUT2D eigenvalue weighted by atomic mass is 10.3. The van der Waals surface area contributed by atoms with Crippen LogP contribution in [0.25, 0.3) is 0 Å². The van der Waals surface area contributed by atoms with E-state index in [2.05, 4.69) is 15.1 Å². The number of halogens is 1. The standard InChI is InChI=1S/C12H18ClN3O/c1-8(13)11-14-15-12(17-11)16(6-9-2-3-9)7-10-4-5-10/h8-10H,2-7H2,1H3. The first-order valence-corrected chi connectivity index (χ1v) is 6.88. The monoisotopic (exact) mass is 255 g/mol. The third-order valence-corrected chi connectivity index (χ3v) is 3.58. The van der Waals surface area contributed by atoms with Crippen LogP contribution in [0.15, 0.2) is 4.42 Å². The Morgan fingerprint density at radius 2 is 1.82 bits per heavy atom. The van der Waals surface area contributed by atoms with Crippen LogP contribution in [0.5, 0.6) is 0 Å². The van der Waals surface area contributed by atoms with Gasteiger partial charge in [-0.2, -0.15) is 0 Å². The van der Waals surface area contributed by atoms with E-state index in [4.69, 9.17) is 16.0 Å². The van der Waals surface area contributed by atoms with E-state index in [1.165, 1.54) is 25.7 Å². The lowest BCUT2D eigenvalue weighted by Crippen LogP contribution is -2.28. The molecular weight excluding hydrogens is 238 g/mol. The normalized spacial score (nSPS) is 21.5. The lowest BCUT2D eigenvalue weighted by Gasteiger charge is -2.19. The largest absolute Gasteiger partial charge is 0.406 e. The van der Waals surface area contributed by atoms with E-state index >= 15 is 0 Å². The Kier molecular flexibility index (Phi) is 2.99. The van der Waals surface area contributed by atoms with Gasteiger partial charge in [-0.15, -0.1) is 16.7 Å². The molecule has 0 saturated heterocycles. The molecule has 0 aliphatic heterocycles. The third-order valence-electron chi connectivity index (χ3n) is 3.39. The molecule has 2 fully saturated rings. The van der Waals surface area contributed by atoms with Gasteiger partial charge in [0, 0.05) is 13.1 Å². The molecule has 1 unspecified atom stereocenters. The minimum Gasteiger partial charge on any atom is -0.406 e. The van der Waals surface area contributed by atoms with Crippen LogP contribution in [-0.4, -0.2) is 23.3 Å². The molecule has 1 aromatic heterocycles. The zero-order chi connectivity index (χ0) is 11.8. The molecular formula is C12H18ClN3O. The summed E-state index contributed by atoms with van der Waals surface area (Å²) < 4.78 is 5.64. The number of anilines is 1. The predicted molar refractivity (Wildman–Crippen MR) is 66.2 cm³/mol. The van der Waals surface area contributed by atoms with E-state index in [0.29, 0.717) is 11.9 Å². The van der Waals surface area contributed by atoms with Crippen molar-refractivity contribution >= 4 is 17.6 Å². The fourth-order valence-electron chi connectivity index (χ4n) is 1.97. The highest BCUT2D eigenvalue weighted by atomic mass is 35.5. The Hall–Kier alpha value is -0.770. The number of hydrogen-bond acceptors (Lipinski definition) is 4. The van der Waals surface area contributed by atoms with Crippen LogP contribution in [0.1, 0.15) is 43.9 Å². The summed E-state index contributed by atoms with van der Waals surface area (Å²) >= 11 is 5.94. The molecule has 17 heavy (non-hydrogen) atoms. The van der Waals surface area contributed by atoms with Crippen molar-refractivity contribution in [3.05, 3.63) is 5.89 Å². The predicted octanol–water partition coefficient (Wildman–Crippen LogP) is 3.00. The van der Waals surface area contributed by atoms with E-state index in [9.17, 15) is 0 Å². The summed E-state index contributed by atoms with van der Waals surface area (Å²) in [5, 5.41) is 7.92. The molecule has 2 saturated carbocycles. The number of alkyl halides is 1. The Balaban J connectivity index is 1.69. The molecule has 1 aromatic rings. The van der Waals surface area contributed by atoms with Crippen molar-refractivity contribution in [3.8, 4) is 0 Å². The van der Waals surface area contributed by atoms with Crippen LogP contribution in [0.3, 0.4) is 0 Å². The molecule has 0 spiro atoms. The quantitative estimate of drug-likeness (QED) is 0.733. The van der Waals surface area contributed by atoms with Crippen molar-refractivity contribution in [1.82, 2.24) is 10.2 Å². The SMILES string of the molecule is CC(Cl)c1nnc(N(CC2CC2)CC2CC2)o1. The third kappa shape index (κ3) is 2.92. The molecule has 5 heteroatoms. The minimum atomic E-state index is -0.208. The summed E-state index contributed by atoms with van der Waals surface area (Å²) in [6.07, 6.45) is 5.37. The van der Waals surface area contributed by atoms with Crippen molar-refractivity contribution in [2.45, 2.75) is 38.0 Å². The van der Waals surface area contributed by atoms with Crippen LogP contribution in [0.2, 0.25) is 0 Å². The molecule has 0 amide bonds. The van der Waals surface area contributed by atoms with Crippen molar-refractivity contribution in [1.29, 1.82) is 0 Å². The summed E-state index contributed by atoms with van der Waals surface area (Å²) in [6, 6.07) is 0.659. The average molecular weight is 256 g/mol. The second kappa shape index (κ2) is 4.48. The van der Waals surface area contributed by atoms with E-state index < -0.39 is 0 Å². The lowest BCUT2D eigenvalue weighted by molar-refractivity contribution is 0.475. The summed E-state index contributed by atoms with van der Waals surface area (Å²) in [5.74, 6) is 2.19. The minimum absolute atomic E-state index is 0.208. The highest BCUT2D eigenvalue weighted by Crippen LogP contribution is 2.35. The highest BCUT2D eigenvalue weighted by molar-refractivity contribution is 6.20. The van der Waals surface area contributed by atoms with Crippen LogP contribution in [0.4, 0.5) is 6.01 Å². The van der Waals surface area contributed by atoms with Crippen molar-refractivity contribution in [3.63, 3.8) is 0 Å². The first-order chi connectivity index (χ1) is 8.22. The van der Waals surface area contributed by atoms with Gasteiger partial charge in [-0.1, -0.05) is 5.10 Å². The summed E-state index contributed by atoms with van der Waals surface area (Å²) in [5.41, 5.74) is 0. The number of nitrogens with zero attached hydrogens (tertiary/aromatic N) is 3. The van der Waals surface area contributed by atoms with Crippen molar-refractivity contribution < 1.29 is 4.42 Å². The molecule has 2 aliphatic rings. The Labute approximate surface area is 106 Å². The molecule has 1 atom stereocenters. The molecule has 0 N–H and O–H groups in total. The van der Waals surface area contributed by atoms with Gasteiger partial charge in [-0.3, -0.25) is 0 Å². The Morgan fingerprint density at radius 1 is 1.24 bits per heavy atom. The summed E-state index contributed by atoms with van der Waals surface area (Å²) in [4.78, 5) is 2.26. The van der Waals surface area contributed by atoms with Gasteiger partial charge >= 0.3 is 6.01 Å². The molecule has 0 bridgehead atoms. The maximum atomic E-state index is 5.94. The Bertz CT molecular complexity index is 371. The van der Waals surface area contributed by atoms with Gasteiger partial charge < -0.3 is 9.32 Å². The maximum absolute atomic E-state index is 5.94. The van der Waals surface area contributed by atoms with Crippen molar-refractivity contribution in [2.24, 2.45) is 11.8 Å². The van der Waals surface area contributed by atoms with Crippen LogP contribution in [0, 0.1) is 11.8 Å². The zero-order valence-corrected chi connectivity index (χ0v) is 10.9. The second-order valence-corrected chi connectivity index (χ2v) is 5.99. The molecule has 4 nitrogen and oxygen atoms in total. The summed E-state index contributed by atoms with van der Waals surface area (Å²) in [7, 11) is 0. The maximum Gasteiger partial charge on any atom is 0.318 e. The van der Waals surface area contributed by atoms with E-state index in [1.807, 2.05) is 6.92 Å². The second-order valence-electron chi connectivity index (χ2n) is 5.33. The molecule has 3 rings (SSSR count). The van der Waals surface area contributed by atoms with E-state index in [0.717, 1.165) is 24.9 Å². The van der Waals surface area contributed by atoms with Gasteiger partial charge in [0.2, 0.25) is 5.89 Å². The van der Waals surface area contributed by atoms with Crippen LogP contribution >= 0.6 is 11.6 Å². The Morgan fingerprint density at radius 3 is 2.24 bits per heavy atom. The smallest absolute Gasteiger partial charge is 0.318 e. The number of aromatic nitrogens is 2. The van der Waals surface area contributed by atoms with E-state index in [-0.39, 0.29) is 5.38 Å². The van der Waals surface area contributed by atoms with Crippen molar-refractivity contribution in [2.75, 3.05) is 18.0 Å². The average Bonchev–Trinajstić information content (AvgIpc) is 3.21. The fourth-order valence-corrected chi connectivity index (χ4v) is 2.06. The first-order valence-electron chi connectivity index (χ1n) is 6.45. The molecule has 2 aliphatic carbocycles. The fraction of sp³-hybridized carbons (Fsp3) is 0.833. The number of hydrogen-bond donors (Lipinski definition) is 0. The van der Waals surface area contributed by atoms with Crippen LogP contribution < -0.4 is 4.90 Å².